The molecule has 0 aliphatic rings. The minimum Gasteiger partial charge on any atom is -0.324 e. The van der Waals surface area contributed by atoms with Crippen molar-refractivity contribution in [1.29, 1.82) is 0 Å². The van der Waals surface area contributed by atoms with Crippen LogP contribution in [-0.4, -0.2) is 27.9 Å². The molecular weight excluding hydrogens is 292 g/mol. The van der Waals surface area contributed by atoms with Crippen LogP contribution in [0.15, 0.2) is 24.3 Å². The molecule has 0 saturated carbocycles. The molecule has 7 heteroatoms. The fourth-order valence-corrected chi connectivity index (χ4v) is 1.96. The van der Waals surface area contributed by atoms with Crippen LogP contribution in [0.4, 0.5) is 11.4 Å². The van der Waals surface area contributed by atoms with Crippen molar-refractivity contribution in [2.75, 3.05) is 16.5 Å². The van der Waals surface area contributed by atoms with Crippen LogP contribution in [0.2, 0.25) is 0 Å². The number of carbonyl (C=O) groups is 2. The number of anilines is 2. The Kier molecular flexibility index (Phi) is 4.59. The molecule has 1 aromatic carbocycles. The highest BCUT2D eigenvalue weighted by Gasteiger charge is 2.15. The Bertz CT molecular complexity index is 662. The second-order valence-corrected chi connectivity index (χ2v) is 4.76. The van der Waals surface area contributed by atoms with Gasteiger partial charge in [0.25, 0.3) is 5.91 Å². The van der Waals surface area contributed by atoms with Gasteiger partial charge in [0.15, 0.2) is 0 Å². The highest BCUT2D eigenvalue weighted by molar-refractivity contribution is 6.29. The minimum atomic E-state index is -0.368. The summed E-state index contributed by atoms with van der Waals surface area (Å²) in [5, 5.41) is 12.2. The van der Waals surface area contributed by atoms with Crippen molar-refractivity contribution in [2.24, 2.45) is 0 Å². The Morgan fingerprint density at radius 3 is 2.57 bits per heavy atom. The van der Waals surface area contributed by atoms with Crippen molar-refractivity contribution >= 4 is 34.8 Å². The number of nitrogens with one attached hydrogen (secondary N) is 3. The number of benzene rings is 1. The van der Waals surface area contributed by atoms with Gasteiger partial charge in [-0.3, -0.25) is 14.7 Å². The molecular formula is C14H15ClN4O2. The molecule has 110 valence electrons. The molecule has 0 spiro atoms. The number of hydrogen-bond acceptors (Lipinski definition) is 3. The van der Waals surface area contributed by atoms with Crippen molar-refractivity contribution in [3.05, 3.63) is 41.2 Å². The van der Waals surface area contributed by atoms with Gasteiger partial charge in [0, 0.05) is 0 Å². The number of carbonyl (C=O) groups excluding carboxylic acids is 2. The van der Waals surface area contributed by atoms with E-state index in [1.54, 1.807) is 31.2 Å². The maximum Gasteiger partial charge on any atom is 0.257 e. The number of aryl methyl sites for hydroxylation is 2. The molecule has 0 aliphatic heterocycles. The van der Waals surface area contributed by atoms with Crippen LogP contribution in [0.25, 0.3) is 0 Å². The zero-order valence-corrected chi connectivity index (χ0v) is 12.4. The van der Waals surface area contributed by atoms with E-state index in [1.165, 1.54) is 0 Å². The van der Waals surface area contributed by atoms with Gasteiger partial charge in [0.05, 0.1) is 28.3 Å². The number of aromatic nitrogens is 2. The number of H-pyrrole nitrogens is 1. The quantitative estimate of drug-likeness (QED) is 0.758. The van der Waals surface area contributed by atoms with E-state index < -0.39 is 0 Å². The van der Waals surface area contributed by atoms with Crippen molar-refractivity contribution in [3.8, 4) is 0 Å². The average molecular weight is 307 g/mol. The third-order valence-electron chi connectivity index (χ3n) is 2.93. The number of hydrogen-bond donors (Lipinski definition) is 3. The van der Waals surface area contributed by atoms with E-state index in [0.29, 0.717) is 22.6 Å². The fourth-order valence-electron chi connectivity index (χ4n) is 1.89. The highest BCUT2D eigenvalue weighted by atomic mass is 35.5. The number of nitrogens with zero attached hydrogens (tertiary/aromatic N) is 1. The number of amides is 2. The molecule has 6 nitrogen and oxygen atoms in total. The summed E-state index contributed by atoms with van der Waals surface area (Å²) in [6, 6.07) is 6.73. The Hall–Kier alpha value is -2.34. The van der Waals surface area contributed by atoms with Gasteiger partial charge in [-0.1, -0.05) is 12.1 Å². The van der Waals surface area contributed by atoms with E-state index >= 15 is 0 Å². The van der Waals surface area contributed by atoms with Crippen molar-refractivity contribution in [2.45, 2.75) is 13.8 Å². The average Bonchev–Trinajstić information content (AvgIpc) is 2.79. The van der Waals surface area contributed by atoms with Gasteiger partial charge >= 0.3 is 0 Å². The van der Waals surface area contributed by atoms with E-state index in [-0.39, 0.29) is 17.7 Å². The summed E-state index contributed by atoms with van der Waals surface area (Å²) in [7, 11) is 0. The second-order valence-electron chi connectivity index (χ2n) is 4.49. The topological polar surface area (TPSA) is 86.9 Å². The first-order valence-corrected chi connectivity index (χ1v) is 6.84. The van der Waals surface area contributed by atoms with Crippen LogP contribution in [0.3, 0.4) is 0 Å². The first-order valence-electron chi connectivity index (χ1n) is 6.30. The smallest absolute Gasteiger partial charge is 0.257 e. The predicted molar refractivity (Wildman–Crippen MR) is 81.8 cm³/mol. The molecule has 2 rings (SSSR count). The molecule has 0 aliphatic carbocycles. The third kappa shape index (κ3) is 3.41. The molecule has 0 atom stereocenters. The standard InChI is InChI=1S/C14H15ClN4O2/c1-8-13(9(2)19-18-8)17-14(21)10-5-3-4-6-11(10)16-12(20)7-15/h3-6H,7H2,1-2H3,(H,16,20)(H,17,21)(H,18,19). The van der Waals surface area contributed by atoms with Crippen LogP contribution in [0, 0.1) is 13.8 Å². The zero-order valence-electron chi connectivity index (χ0n) is 11.7. The van der Waals surface area contributed by atoms with Crippen molar-refractivity contribution in [3.63, 3.8) is 0 Å². The van der Waals surface area contributed by atoms with E-state index in [4.69, 9.17) is 11.6 Å². The molecule has 0 bridgehead atoms. The van der Waals surface area contributed by atoms with Gasteiger partial charge in [-0.2, -0.15) is 5.10 Å². The lowest BCUT2D eigenvalue weighted by atomic mass is 10.1. The number of rotatable bonds is 4. The Labute approximate surface area is 126 Å². The molecule has 21 heavy (non-hydrogen) atoms. The Morgan fingerprint density at radius 2 is 1.95 bits per heavy atom. The van der Waals surface area contributed by atoms with Crippen LogP contribution >= 0.6 is 11.6 Å². The molecule has 0 fully saturated rings. The number of para-hydroxylation sites is 1. The molecule has 1 aromatic heterocycles. The summed E-state index contributed by atoms with van der Waals surface area (Å²) in [4.78, 5) is 23.8. The maximum absolute atomic E-state index is 12.4. The summed E-state index contributed by atoms with van der Waals surface area (Å²) in [6.45, 7) is 3.61. The van der Waals surface area contributed by atoms with Gasteiger partial charge in [0.1, 0.15) is 5.88 Å². The van der Waals surface area contributed by atoms with Crippen molar-refractivity contribution in [1.82, 2.24) is 10.2 Å². The predicted octanol–water partition coefficient (Wildman–Crippen LogP) is 2.46. The lowest BCUT2D eigenvalue weighted by Crippen LogP contribution is -2.19. The molecule has 3 N–H and O–H groups in total. The maximum atomic E-state index is 12.4. The first-order chi connectivity index (χ1) is 10.0. The summed E-state index contributed by atoms with van der Waals surface area (Å²) in [5.41, 5.74) is 2.88. The summed E-state index contributed by atoms with van der Waals surface area (Å²) < 4.78 is 0. The fraction of sp³-hybridized carbons (Fsp3) is 0.214. The van der Waals surface area contributed by atoms with Gasteiger partial charge in [-0.15, -0.1) is 11.6 Å². The minimum absolute atomic E-state index is 0.171. The third-order valence-corrected chi connectivity index (χ3v) is 3.18. The normalized spacial score (nSPS) is 10.2. The Balaban J connectivity index is 2.25. The van der Waals surface area contributed by atoms with E-state index in [9.17, 15) is 9.59 Å². The molecule has 1 heterocycles. The second kappa shape index (κ2) is 6.41. The first kappa shape index (κ1) is 15.1. The molecule has 2 amide bonds. The monoisotopic (exact) mass is 306 g/mol. The number of halogens is 1. The zero-order chi connectivity index (χ0) is 15.4. The number of alkyl halides is 1. The van der Waals surface area contributed by atoms with Crippen LogP contribution in [0.5, 0.6) is 0 Å². The molecule has 0 unspecified atom stereocenters. The number of aromatic amines is 1. The lowest BCUT2D eigenvalue weighted by Gasteiger charge is -2.10. The highest BCUT2D eigenvalue weighted by Crippen LogP contribution is 2.20. The van der Waals surface area contributed by atoms with Gasteiger partial charge in [-0.25, -0.2) is 0 Å². The van der Waals surface area contributed by atoms with Gasteiger partial charge < -0.3 is 10.6 Å². The van der Waals surface area contributed by atoms with E-state index in [2.05, 4.69) is 20.8 Å². The lowest BCUT2D eigenvalue weighted by molar-refractivity contribution is -0.113. The van der Waals surface area contributed by atoms with Crippen LogP contribution < -0.4 is 10.6 Å². The van der Waals surface area contributed by atoms with Gasteiger partial charge in [-0.05, 0) is 26.0 Å². The molecule has 0 saturated heterocycles. The van der Waals surface area contributed by atoms with Crippen molar-refractivity contribution < 1.29 is 9.59 Å². The summed E-state index contributed by atoms with van der Waals surface area (Å²) >= 11 is 5.47. The van der Waals surface area contributed by atoms with E-state index in [1.807, 2.05) is 6.92 Å². The summed E-state index contributed by atoms with van der Waals surface area (Å²) in [6.07, 6.45) is 0. The van der Waals surface area contributed by atoms with Crippen LogP contribution in [0.1, 0.15) is 21.7 Å². The molecule has 0 radical (unpaired) electrons. The van der Waals surface area contributed by atoms with E-state index in [0.717, 1.165) is 5.69 Å². The molecule has 2 aromatic rings. The Morgan fingerprint density at radius 1 is 1.24 bits per heavy atom. The largest absolute Gasteiger partial charge is 0.324 e. The SMILES string of the molecule is Cc1n[nH]c(C)c1NC(=O)c1ccccc1NC(=O)CCl. The summed E-state index contributed by atoms with van der Waals surface area (Å²) in [5.74, 6) is -0.865. The van der Waals surface area contributed by atoms with Gasteiger partial charge in [0.2, 0.25) is 5.91 Å². The van der Waals surface area contributed by atoms with Crippen LogP contribution in [-0.2, 0) is 4.79 Å².